The topological polar surface area (TPSA) is 36.0 Å². The standard InChI is InChI=1S/C57H48BF2N3O2/c1-55(2,3)33-17-23-37(24-18-33)62-46-31-39(61-44-15-11-9-13-42(44)57(7,8)43-14-10-12-16-45(43)61)32-47-50(46)58(53-51(62)40-27-21-35(59)29-48(40)64-53)54-52(41-28-22-36(60)30-49(41)65-54)63(47)38-25-19-34(20-26-38)56(4,5)6/h9-32H,1-8H3. The van der Waals surface area contributed by atoms with Crippen molar-refractivity contribution in [3.05, 3.63) is 179 Å². The van der Waals surface area contributed by atoms with Gasteiger partial charge >= 0.3 is 6.71 Å². The van der Waals surface area contributed by atoms with Crippen LogP contribution in [0, 0.1) is 11.6 Å². The van der Waals surface area contributed by atoms with Gasteiger partial charge in [-0.15, -0.1) is 0 Å². The van der Waals surface area contributed by atoms with Gasteiger partial charge in [0, 0.05) is 51.1 Å². The third kappa shape index (κ3) is 5.75. The number of fused-ring (bicyclic) bond motifs is 10. The highest BCUT2D eigenvalue weighted by Gasteiger charge is 2.51. The van der Waals surface area contributed by atoms with Crippen LogP contribution in [0.3, 0.4) is 0 Å². The summed E-state index contributed by atoms with van der Waals surface area (Å²) in [5, 5.41) is 1.55. The van der Waals surface area contributed by atoms with Crippen LogP contribution < -0.4 is 31.5 Å². The number of furan rings is 2. The van der Waals surface area contributed by atoms with Crippen LogP contribution in [0.15, 0.2) is 154 Å². The van der Waals surface area contributed by atoms with E-state index in [1.54, 1.807) is 0 Å². The number of rotatable bonds is 3. The SMILES string of the molecule is CC(C)(C)c1ccc(N2c3cc(N4c5ccccc5C(C)(C)c5ccccc54)cc4c3B(c3oc5cc(F)ccc5c32)c2oc3cc(F)ccc3c2N4c2ccc(C(C)(C)C)cc2)cc1. The molecule has 0 bridgehead atoms. The molecule has 0 N–H and O–H groups in total. The van der Waals surface area contributed by atoms with Gasteiger partial charge in [-0.1, -0.05) is 116 Å². The molecule has 0 radical (unpaired) electrons. The molecule has 0 saturated heterocycles. The summed E-state index contributed by atoms with van der Waals surface area (Å²) < 4.78 is 44.4. The van der Waals surface area contributed by atoms with E-state index in [-0.39, 0.29) is 27.9 Å². The summed E-state index contributed by atoms with van der Waals surface area (Å²) in [6, 6.07) is 49.1. The largest absolute Gasteiger partial charge is 0.468 e. The van der Waals surface area contributed by atoms with E-state index in [9.17, 15) is 0 Å². The predicted molar refractivity (Wildman–Crippen MR) is 264 cm³/mol. The lowest BCUT2D eigenvalue weighted by atomic mass is 9.37. The van der Waals surface area contributed by atoms with E-state index >= 15 is 8.78 Å². The Balaban J connectivity index is 1.24. The van der Waals surface area contributed by atoms with E-state index in [4.69, 9.17) is 8.83 Å². The van der Waals surface area contributed by atoms with Gasteiger partial charge in [0.25, 0.3) is 0 Å². The molecule has 0 unspecified atom stereocenters. The van der Waals surface area contributed by atoms with Crippen molar-refractivity contribution in [2.24, 2.45) is 0 Å². The van der Waals surface area contributed by atoms with Crippen LogP contribution in [0.4, 0.5) is 60.0 Å². The second-order valence-corrected chi connectivity index (χ2v) is 20.5. The van der Waals surface area contributed by atoms with Gasteiger partial charge in [0.1, 0.15) is 34.1 Å². The molecule has 8 heteroatoms. The number of halogens is 2. The minimum Gasteiger partial charge on any atom is -0.468 e. The van der Waals surface area contributed by atoms with E-state index in [2.05, 4.69) is 179 Å². The van der Waals surface area contributed by atoms with Crippen molar-refractivity contribution in [2.75, 3.05) is 14.7 Å². The highest BCUT2D eigenvalue weighted by atomic mass is 19.1. The molecule has 12 rings (SSSR count). The molecule has 0 spiro atoms. The Kier molecular flexibility index (Phi) is 8.20. The molecule has 320 valence electrons. The van der Waals surface area contributed by atoms with Crippen LogP contribution in [0.5, 0.6) is 0 Å². The Bertz CT molecular complexity index is 3210. The van der Waals surface area contributed by atoms with Gasteiger partial charge in [0.2, 0.25) is 0 Å². The zero-order valence-electron chi connectivity index (χ0n) is 37.8. The third-order valence-corrected chi connectivity index (χ3v) is 14.0. The average molecular weight is 856 g/mol. The van der Waals surface area contributed by atoms with Crippen molar-refractivity contribution in [1.29, 1.82) is 0 Å². The summed E-state index contributed by atoms with van der Waals surface area (Å²) in [5.41, 5.74) is 16.1. The number of hydrogen-bond acceptors (Lipinski definition) is 5. The number of nitrogens with zero attached hydrogens (tertiary/aromatic N) is 3. The first-order valence-corrected chi connectivity index (χ1v) is 22.5. The monoisotopic (exact) mass is 855 g/mol. The zero-order valence-corrected chi connectivity index (χ0v) is 37.8. The Labute approximate surface area is 378 Å². The van der Waals surface area contributed by atoms with Gasteiger partial charge < -0.3 is 23.5 Å². The molecule has 5 heterocycles. The first-order chi connectivity index (χ1) is 31.1. The molecule has 0 amide bonds. The smallest absolute Gasteiger partial charge is 0.342 e. The normalized spacial score (nSPS) is 14.9. The number of para-hydroxylation sites is 2. The molecule has 7 aromatic carbocycles. The van der Waals surface area contributed by atoms with Gasteiger partial charge in [0.05, 0.1) is 28.4 Å². The minimum atomic E-state index is -0.569. The van der Waals surface area contributed by atoms with Crippen molar-refractivity contribution in [2.45, 2.75) is 71.6 Å². The van der Waals surface area contributed by atoms with E-state index in [0.29, 0.717) is 22.5 Å². The summed E-state index contributed by atoms with van der Waals surface area (Å²) >= 11 is 0. The van der Waals surface area contributed by atoms with Crippen LogP contribution in [-0.4, -0.2) is 6.71 Å². The summed E-state index contributed by atoms with van der Waals surface area (Å²) in [4.78, 5) is 6.99. The second kappa shape index (κ2) is 13.5. The number of benzene rings is 7. The van der Waals surface area contributed by atoms with Gasteiger partial charge in [-0.2, -0.15) is 0 Å². The Hall–Kier alpha value is -7.06. The predicted octanol–water partition coefficient (Wildman–Crippen LogP) is 14.2. The summed E-state index contributed by atoms with van der Waals surface area (Å²) in [5.74, 6) is -0.770. The first-order valence-electron chi connectivity index (χ1n) is 22.5. The fourth-order valence-electron chi connectivity index (χ4n) is 10.7. The lowest BCUT2D eigenvalue weighted by molar-refractivity contribution is 0.590. The van der Waals surface area contributed by atoms with Crippen LogP contribution >= 0.6 is 0 Å². The van der Waals surface area contributed by atoms with Crippen molar-refractivity contribution >= 4 is 96.6 Å². The molecule has 0 saturated carbocycles. The molecule has 9 aromatic rings. The Morgan fingerprint density at radius 3 is 1.29 bits per heavy atom. The molecule has 2 aromatic heterocycles. The summed E-state index contributed by atoms with van der Waals surface area (Å²) in [6.45, 7) is 17.4. The summed E-state index contributed by atoms with van der Waals surface area (Å²) in [6.07, 6.45) is 0. The first kappa shape index (κ1) is 39.5. The molecule has 0 atom stereocenters. The highest BCUT2D eigenvalue weighted by molar-refractivity contribution is 6.99. The van der Waals surface area contributed by atoms with E-state index in [0.717, 1.165) is 67.4 Å². The number of anilines is 9. The van der Waals surface area contributed by atoms with Crippen molar-refractivity contribution in [3.63, 3.8) is 0 Å². The number of hydrogen-bond donors (Lipinski definition) is 0. The van der Waals surface area contributed by atoms with Gasteiger partial charge in [-0.3, -0.25) is 0 Å². The maximum atomic E-state index is 15.3. The van der Waals surface area contributed by atoms with Gasteiger partial charge in [-0.25, -0.2) is 8.78 Å². The van der Waals surface area contributed by atoms with Crippen molar-refractivity contribution < 1.29 is 17.6 Å². The molecule has 65 heavy (non-hydrogen) atoms. The molecule has 3 aliphatic heterocycles. The Morgan fingerprint density at radius 2 is 0.877 bits per heavy atom. The van der Waals surface area contributed by atoms with Crippen molar-refractivity contribution in [3.8, 4) is 0 Å². The molecule has 3 aliphatic rings. The maximum Gasteiger partial charge on any atom is 0.342 e. The van der Waals surface area contributed by atoms with Gasteiger partial charge in [-0.05, 0) is 111 Å². The second-order valence-electron chi connectivity index (χ2n) is 20.5. The van der Waals surface area contributed by atoms with E-state index < -0.39 is 6.71 Å². The average Bonchev–Trinajstić information content (AvgIpc) is 3.84. The van der Waals surface area contributed by atoms with E-state index in [1.807, 2.05) is 12.1 Å². The molecule has 5 nitrogen and oxygen atoms in total. The van der Waals surface area contributed by atoms with Crippen molar-refractivity contribution in [1.82, 2.24) is 0 Å². The van der Waals surface area contributed by atoms with Crippen LogP contribution in [0.25, 0.3) is 21.9 Å². The summed E-state index contributed by atoms with van der Waals surface area (Å²) in [7, 11) is 0. The highest BCUT2D eigenvalue weighted by Crippen LogP contribution is 2.55. The molecule has 0 aliphatic carbocycles. The molecular weight excluding hydrogens is 807 g/mol. The maximum absolute atomic E-state index is 15.3. The quantitative estimate of drug-likeness (QED) is 0.165. The van der Waals surface area contributed by atoms with Crippen LogP contribution in [-0.2, 0) is 16.2 Å². The molecular formula is C57H48BF2N3O2. The lowest BCUT2D eigenvalue weighted by Crippen LogP contribution is -2.60. The van der Waals surface area contributed by atoms with Gasteiger partial charge in [0.15, 0.2) is 0 Å². The minimum absolute atomic E-state index is 0.0708. The fraction of sp³-hybridized carbons (Fsp3) is 0.193. The van der Waals surface area contributed by atoms with Crippen LogP contribution in [0.1, 0.15) is 77.6 Å². The zero-order chi connectivity index (χ0) is 44.9. The lowest BCUT2D eigenvalue weighted by Gasteiger charge is -2.44. The molecule has 0 fully saturated rings. The van der Waals surface area contributed by atoms with Crippen LogP contribution in [0.2, 0.25) is 0 Å². The van der Waals surface area contributed by atoms with E-state index in [1.165, 1.54) is 46.5 Å². The Morgan fingerprint density at radius 1 is 0.462 bits per heavy atom. The third-order valence-electron chi connectivity index (χ3n) is 14.0. The fourth-order valence-corrected chi connectivity index (χ4v) is 10.7.